The minimum absolute atomic E-state index is 0.0581. The lowest BCUT2D eigenvalue weighted by atomic mass is 9.94. The zero-order valence-corrected chi connectivity index (χ0v) is 13.3. The molecule has 0 unspecified atom stereocenters. The van der Waals surface area contributed by atoms with Crippen molar-refractivity contribution in [1.82, 2.24) is 9.97 Å². The second kappa shape index (κ2) is 7.59. The molecule has 0 radical (unpaired) electrons. The van der Waals surface area contributed by atoms with E-state index in [0.717, 1.165) is 24.6 Å². The van der Waals surface area contributed by atoms with Crippen LogP contribution >= 0.6 is 0 Å². The fraction of sp³-hybridized carbons (Fsp3) is 0.750. The van der Waals surface area contributed by atoms with Crippen molar-refractivity contribution >= 4 is 5.82 Å². The van der Waals surface area contributed by atoms with E-state index in [-0.39, 0.29) is 11.5 Å². The van der Waals surface area contributed by atoms with E-state index in [9.17, 15) is 4.79 Å². The molecule has 3 N–H and O–H groups in total. The lowest BCUT2D eigenvalue weighted by molar-refractivity contribution is 0.410. The Balaban J connectivity index is 2.28. The summed E-state index contributed by atoms with van der Waals surface area (Å²) in [6.45, 7) is 5.65. The number of aromatic nitrogens is 2. The highest BCUT2D eigenvalue weighted by Crippen LogP contribution is 2.26. The molecule has 0 spiro atoms. The average molecular weight is 292 g/mol. The molecule has 0 amide bonds. The van der Waals surface area contributed by atoms with Gasteiger partial charge in [-0.05, 0) is 25.8 Å². The fourth-order valence-electron chi connectivity index (χ4n) is 3.02. The second-order valence-electron chi connectivity index (χ2n) is 6.27. The Kier molecular flexibility index (Phi) is 5.79. The van der Waals surface area contributed by atoms with E-state index in [1.54, 1.807) is 6.07 Å². The number of hydrogen-bond donors (Lipinski definition) is 2. The molecule has 21 heavy (non-hydrogen) atoms. The van der Waals surface area contributed by atoms with Gasteiger partial charge in [0.25, 0.3) is 5.56 Å². The molecule has 1 aliphatic carbocycles. The molecule has 0 atom stereocenters. The van der Waals surface area contributed by atoms with Gasteiger partial charge < -0.3 is 15.6 Å². The lowest BCUT2D eigenvalue weighted by Gasteiger charge is -2.35. The van der Waals surface area contributed by atoms with E-state index < -0.39 is 0 Å². The summed E-state index contributed by atoms with van der Waals surface area (Å²) in [6.07, 6.45) is 7.17. The Morgan fingerprint density at radius 3 is 2.71 bits per heavy atom. The molecule has 118 valence electrons. The molecule has 1 heterocycles. The number of H-pyrrole nitrogens is 1. The van der Waals surface area contributed by atoms with Gasteiger partial charge in [0.2, 0.25) is 0 Å². The molecule has 0 aliphatic heterocycles. The van der Waals surface area contributed by atoms with Crippen molar-refractivity contribution in [3.63, 3.8) is 0 Å². The van der Waals surface area contributed by atoms with Crippen LogP contribution in [0.5, 0.6) is 0 Å². The highest BCUT2D eigenvalue weighted by Gasteiger charge is 2.23. The van der Waals surface area contributed by atoms with Gasteiger partial charge in [0.1, 0.15) is 11.6 Å². The monoisotopic (exact) mass is 292 g/mol. The van der Waals surface area contributed by atoms with Crippen LogP contribution in [0.3, 0.4) is 0 Å². The van der Waals surface area contributed by atoms with Gasteiger partial charge in [0.15, 0.2) is 0 Å². The van der Waals surface area contributed by atoms with Crippen molar-refractivity contribution in [3.8, 4) is 0 Å². The Bertz CT molecular complexity index is 491. The van der Waals surface area contributed by atoms with Crippen molar-refractivity contribution in [1.29, 1.82) is 0 Å². The first-order valence-corrected chi connectivity index (χ1v) is 8.19. The predicted octanol–water partition coefficient (Wildman–Crippen LogP) is 2.38. The molecule has 1 fully saturated rings. The largest absolute Gasteiger partial charge is 0.353 e. The SMILES string of the molecule is CC(C)c1nc(N(CCCN)C2CCCCC2)cc(=O)[nH]1. The van der Waals surface area contributed by atoms with E-state index in [1.807, 2.05) is 13.8 Å². The van der Waals surface area contributed by atoms with Crippen LogP contribution in [0, 0.1) is 0 Å². The van der Waals surface area contributed by atoms with Gasteiger partial charge in [-0.3, -0.25) is 4.79 Å². The lowest BCUT2D eigenvalue weighted by Crippen LogP contribution is -2.39. The van der Waals surface area contributed by atoms with Crippen LogP contribution in [0.15, 0.2) is 10.9 Å². The summed E-state index contributed by atoms with van der Waals surface area (Å²) in [6, 6.07) is 2.14. The Morgan fingerprint density at radius 1 is 1.38 bits per heavy atom. The standard InChI is InChI=1S/C16H28N4O/c1-12(2)16-18-14(11-15(21)19-16)20(10-6-9-17)13-7-4-3-5-8-13/h11-13H,3-10,17H2,1-2H3,(H,18,19,21). The van der Waals surface area contributed by atoms with Crippen molar-refractivity contribution < 1.29 is 0 Å². The van der Waals surface area contributed by atoms with Crippen LogP contribution in [0.2, 0.25) is 0 Å². The zero-order valence-electron chi connectivity index (χ0n) is 13.3. The number of nitrogens with one attached hydrogen (secondary N) is 1. The third-order valence-electron chi connectivity index (χ3n) is 4.21. The maximum atomic E-state index is 11.9. The molecule has 1 saturated carbocycles. The van der Waals surface area contributed by atoms with Crippen molar-refractivity contribution in [3.05, 3.63) is 22.2 Å². The molecule has 1 aliphatic rings. The topological polar surface area (TPSA) is 75.0 Å². The molecular formula is C16H28N4O. The van der Waals surface area contributed by atoms with Crippen LogP contribution < -0.4 is 16.2 Å². The van der Waals surface area contributed by atoms with E-state index in [4.69, 9.17) is 10.7 Å². The van der Waals surface area contributed by atoms with Crippen LogP contribution in [-0.4, -0.2) is 29.1 Å². The molecule has 5 heteroatoms. The zero-order chi connectivity index (χ0) is 15.2. The molecule has 1 aromatic heterocycles. The van der Waals surface area contributed by atoms with Crippen molar-refractivity contribution in [2.75, 3.05) is 18.0 Å². The fourth-order valence-corrected chi connectivity index (χ4v) is 3.02. The first kappa shape index (κ1) is 16.0. The molecular weight excluding hydrogens is 264 g/mol. The average Bonchev–Trinajstić information content (AvgIpc) is 2.48. The van der Waals surface area contributed by atoms with E-state index in [0.29, 0.717) is 12.6 Å². The minimum Gasteiger partial charge on any atom is -0.353 e. The highest BCUT2D eigenvalue weighted by atomic mass is 16.1. The summed E-state index contributed by atoms with van der Waals surface area (Å²) in [4.78, 5) is 21.8. The summed E-state index contributed by atoms with van der Waals surface area (Å²) in [5.41, 5.74) is 5.62. The molecule has 0 aromatic carbocycles. The van der Waals surface area contributed by atoms with Gasteiger partial charge in [0.05, 0.1) is 0 Å². The maximum absolute atomic E-state index is 11.9. The summed E-state index contributed by atoms with van der Waals surface area (Å²) >= 11 is 0. The molecule has 5 nitrogen and oxygen atoms in total. The highest BCUT2D eigenvalue weighted by molar-refractivity contribution is 5.39. The summed E-state index contributed by atoms with van der Waals surface area (Å²) in [5.74, 6) is 1.81. The van der Waals surface area contributed by atoms with Crippen molar-refractivity contribution in [2.24, 2.45) is 5.73 Å². The number of aromatic amines is 1. The summed E-state index contributed by atoms with van der Waals surface area (Å²) < 4.78 is 0. The van der Waals surface area contributed by atoms with Crippen LogP contribution in [0.1, 0.15) is 64.1 Å². The van der Waals surface area contributed by atoms with Crippen LogP contribution in [0.25, 0.3) is 0 Å². The van der Waals surface area contributed by atoms with Gasteiger partial charge in [-0.15, -0.1) is 0 Å². The number of rotatable bonds is 6. The molecule has 2 rings (SSSR count). The van der Waals surface area contributed by atoms with E-state index in [2.05, 4.69) is 9.88 Å². The Labute approximate surface area is 127 Å². The third kappa shape index (κ3) is 4.30. The Morgan fingerprint density at radius 2 is 2.10 bits per heavy atom. The maximum Gasteiger partial charge on any atom is 0.252 e. The minimum atomic E-state index is -0.0581. The molecule has 1 aromatic rings. The van der Waals surface area contributed by atoms with Crippen LogP contribution in [-0.2, 0) is 0 Å². The summed E-state index contributed by atoms with van der Waals surface area (Å²) in [7, 11) is 0. The molecule has 0 bridgehead atoms. The van der Waals surface area contributed by atoms with Crippen molar-refractivity contribution in [2.45, 2.75) is 64.3 Å². The van der Waals surface area contributed by atoms with E-state index in [1.165, 1.54) is 32.1 Å². The van der Waals surface area contributed by atoms with Gasteiger partial charge in [-0.1, -0.05) is 33.1 Å². The quantitative estimate of drug-likeness (QED) is 0.844. The smallest absolute Gasteiger partial charge is 0.252 e. The number of hydrogen-bond acceptors (Lipinski definition) is 4. The van der Waals surface area contributed by atoms with Gasteiger partial charge in [-0.25, -0.2) is 4.98 Å². The third-order valence-corrected chi connectivity index (χ3v) is 4.21. The number of nitrogens with zero attached hydrogens (tertiary/aromatic N) is 2. The molecule has 0 saturated heterocycles. The number of nitrogens with two attached hydrogens (primary N) is 1. The summed E-state index contributed by atoms with van der Waals surface area (Å²) in [5, 5.41) is 0. The second-order valence-corrected chi connectivity index (χ2v) is 6.27. The van der Waals surface area contributed by atoms with Gasteiger partial charge in [0, 0.05) is 24.6 Å². The van der Waals surface area contributed by atoms with Gasteiger partial charge in [-0.2, -0.15) is 0 Å². The predicted molar refractivity (Wildman–Crippen MR) is 86.8 cm³/mol. The first-order valence-electron chi connectivity index (χ1n) is 8.19. The Hall–Kier alpha value is -1.36. The van der Waals surface area contributed by atoms with Crippen LogP contribution in [0.4, 0.5) is 5.82 Å². The van der Waals surface area contributed by atoms with E-state index >= 15 is 0 Å². The number of anilines is 1. The first-order chi connectivity index (χ1) is 10.1. The van der Waals surface area contributed by atoms with Gasteiger partial charge >= 0.3 is 0 Å². The normalized spacial score (nSPS) is 16.4.